The first-order chi connectivity index (χ1) is 34.0. The standard InChI is InChI=1S/C63H110O6/c1-4-7-10-13-16-19-22-25-28-31-34-37-40-43-46-49-52-55-61(64)67-58-60(69-63(66)57-54-51-48-45-42-39-36-33-30-27-24-21-18-15-12-9-6-3)59-68-62(65)56-53-50-47-44-41-38-35-32-29-26-23-20-17-14-11-8-5-2/h16,19,25-30,34,37,43,46,60H,4-15,17-18,20-24,31-33,35-36,38-42,44-45,47-59H2,1-3H3/t60-/m0/s1. The molecule has 0 aromatic heterocycles. The molecule has 6 heteroatoms. The number of esters is 3. The maximum Gasteiger partial charge on any atom is 0.306 e. The first-order valence-electron chi connectivity index (χ1n) is 29.4. The summed E-state index contributed by atoms with van der Waals surface area (Å²) in [6, 6.07) is 0. The maximum absolute atomic E-state index is 12.9. The second-order valence-corrected chi connectivity index (χ2v) is 19.5. The molecule has 0 radical (unpaired) electrons. The molecule has 0 N–H and O–H groups in total. The van der Waals surface area contributed by atoms with Gasteiger partial charge in [0.1, 0.15) is 13.2 Å². The van der Waals surface area contributed by atoms with E-state index in [2.05, 4.69) is 93.7 Å². The third kappa shape index (κ3) is 55.6. The summed E-state index contributed by atoms with van der Waals surface area (Å²) in [7, 11) is 0. The van der Waals surface area contributed by atoms with Gasteiger partial charge in [0.05, 0.1) is 0 Å². The lowest BCUT2D eigenvalue weighted by Crippen LogP contribution is -2.30. The van der Waals surface area contributed by atoms with Crippen LogP contribution in [0.5, 0.6) is 0 Å². The van der Waals surface area contributed by atoms with Crippen LogP contribution in [0, 0.1) is 0 Å². The fourth-order valence-electron chi connectivity index (χ4n) is 8.19. The van der Waals surface area contributed by atoms with Gasteiger partial charge in [-0.15, -0.1) is 0 Å². The Bertz CT molecular complexity index is 1290. The van der Waals surface area contributed by atoms with Gasteiger partial charge in [-0.05, 0) is 109 Å². The summed E-state index contributed by atoms with van der Waals surface area (Å²) in [6.45, 7) is 6.57. The second kappa shape index (κ2) is 57.4. The zero-order chi connectivity index (χ0) is 50.0. The number of allylic oxidation sites excluding steroid dienone is 12. The lowest BCUT2D eigenvalue weighted by Gasteiger charge is -2.18. The molecule has 0 bridgehead atoms. The van der Waals surface area contributed by atoms with Crippen LogP contribution in [0.25, 0.3) is 0 Å². The second-order valence-electron chi connectivity index (χ2n) is 19.5. The van der Waals surface area contributed by atoms with E-state index in [-0.39, 0.29) is 37.5 Å². The topological polar surface area (TPSA) is 78.9 Å². The highest BCUT2D eigenvalue weighted by molar-refractivity contribution is 5.71. The number of ether oxygens (including phenoxy) is 3. The van der Waals surface area contributed by atoms with Gasteiger partial charge in [-0.1, -0.05) is 235 Å². The highest BCUT2D eigenvalue weighted by atomic mass is 16.6. The molecule has 0 amide bonds. The SMILES string of the molecule is CCCCCC=CCC=CCC=CCC=CCCCC(=O)OC[C@@H](COC(=O)CCCCCCCCCC=CCCCCCCCC)OC(=O)CCCCCCCCCC=CCCCCCCCC. The fourth-order valence-corrected chi connectivity index (χ4v) is 8.19. The van der Waals surface area contributed by atoms with Crippen LogP contribution < -0.4 is 0 Å². The Morgan fingerprint density at radius 2 is 0.536 bits per heavy atom. The lowest BCUT2D eigenvalue weighted by molar-refractivity contribution is -0.167. The van der Waals surface area contributed by atoms with Gasteiger partial charge in [0, 0.05) is 19.3 Å². The Morgan fingerprint density at radius 1 is 0.290 bits per heavy atom. The van der Waals surface area contributed by atoms with E-state index in [1.165, 1.54) is 180 Å². The van der Waals surface area contributed by atoms with Crippen molar-refractivity contribution in [2.45, 2.75) is 297 Å². The van der Waals surface area contributed by atoms with Crippen molar-refractivity contribution in [2.24, 2.45) is 0 Å². The minimum absolute atomic E-state index is 0.0955. The first kappa shape index (κ1) is 65.8. The summed E-state index contributed by atoms with van der Waals surface area (Å²) < 4.78 is 16.8. The molecule has 69 heavy (non-hydrogen) atoms. The van der Waals surface area contributed by atoms with Crippen LogP contribution in [0.1, 0.15) is 290 Å². The lowest BCUT2D eigenvalue weighted by atomic mass is 10.1. The number of rotatable bonds is 53. The summed E-state index contributed by atoms with van der Waals surface area (Å²) in [5, 5.41) is 0. The zero-order valence-corrected chi connectivity index (χ0v) is 45.6. The number of carbonyl (C=O) groups excluding carboxylic acids is 3. The van der Waals surface area contributed by atoms with E-state index in [1.807, 2.05) is 0 Å². The van der Waals surface area contributed by atoms with Crippen molar-refractivity contribution in [1.82, 2.24) is 0 Å². The average Bonchev–Trinajstić information content (AvgIpc) is 3.35. The molecular weight excluding hydrogens is 853 g/mol. The van der Waals surface area contributed by atoms with Crippen LogP contribution in [0.15, 0.2) is 72.9 Å². The number of carbonyl (C=O) groups is 3. The van der Waals surface area contributed by atoms with Crippen molar-refractivity contribution >= 4 is 17.9 Å². The van der Waals surface area contributed by atoms with E-state index in [1.54, 1.807) is 0 Å². The minimum atomic E-state index is -0.802. The molecule has 1 atom stereocenters. The van der Waals surface area contributed by atoms with E-state index < -0.39 is 6.10 Å². The van der Waals surface area contributed by atoms with E-state index >= 15 is 0 Å². The zero-order valence-electron chi connectivity index (χ0n) is 45.6. The molecule has 0 aliphatic carbocycles. The third-order valence-electron chi connectivity index (χ3n) is 12.7. The number of hydrogen-bond acceptors (Lipinski definition) is 6. The summed E-state index contributed by atoms with van der Waals surface area (Å²) in [6.07, 6.45) is 73.2. The Labute approximate surface area is 427 Å². The molecule has 0 fully saturated rings. The Balaban J connectivity index is 4.46. The van der Waals surface area contributed by atoms with Gasteiger partial charge in [-0.25, -0.2) is 0 Å². The molecule has 0 unspecified atom stereocenters. The molecule has 6 nitrogen and oxygen atoms in total. The quantitative estimate of drug-likeness (QED) is 0.0262. The van der Waals surface area contributed by atoms with Gasteiger partial charge < -0.3 is 14.2 Å². The van der Waals surface area contributed by atoms with Crippen LogP contribution in [-0.4, -0.2) is 37.2 Å². The van der Waals surface area contributed by atoms with Gasteiger partial charge in [0.25, 0.3) is 0 Å². The van der Waals surface area contributed by atoms with Crippen molar-refractivity contribution in [3.05, 3.63) is 72.9 Å². The highest BCUT2D eigenvalue weighted by Gasteiger charge is 2.19. The van der Waals surface area contributed by atoms with Crippen LogP contribution in [-0.2, 0) is 28.6 Å². The van der Waals surface area contributed by atoms with Gasteiger partial charge in [-0.2, -0.15) is 0 Å². The van der Waals surface area contributed by atoms with Crippen molar-refractivity contribution in [1.29, 1.82) is 0 Å². The van der Waals surface area contributed by atoms with Gasteiger partial charge >= 0.3 is 17.9 Å². The molecule has 0 rings (SSSR count). The summed E-state index contributed by atoms with van der Waals surface area (Å²) in [5.41, 5.74) is 0. The molecule has 0 spiro atoms. The predicted octanol–water partition coefficient (Wildman–Crippen LogP) is 19.8. The summed E-state index contributed by atoms with van der Waals surface area (Å²) in [4.78, 5) is 38.2. The monoisotopic (exact) mass is 963 g/mol. The van der Waals surface area contributed by atoms with Crippen molar-refractivity contribution < 1.29 is 28.6 Å². The fraction of sp³-hybridized carbons (Fsp3) is 0.762. The van der Waals surface area contributed by atoms with Crippen LogP contribution in [0.4, 0.5) is 0 Å². The molecule has 0 aliphatic heterocycles. The van der Waals surface area contributed by atoms with E-state index in [9.17, 15) is 14.4 Å². The Hall–Kier alpha value is -3.15. The molecule has 0 saturated carbocycles. The largest absolute Gasteiger partial charge is 0.462 e. The van der Waals surface area contributed by atoms with Crippen molar-refractivity contribution in [3.63, 3.8) is 0 Å². The van der Waals surface area contributed by atoms with Gasteiger partial charge in [0.2, 0.25) is 0 Å². The Morgan fingerprint density at radius 3 is 0.913 bits per heavy atom. The molecule has 0 aromatic carbocycles. The van der Waals surface area contributed by atoms with Crippen molar-refractivity contribution in [2.75, 3.05) is 13.2 Å². The smallest absolute Gasteiger partial charge is 0.306 e. The van der Waals surface area contributed by atoms with Crippen molar-refractivity contribution in [3.8, 4) is 0 Å². The third-order valence-corrected chi connectivity index (χ3v) is 12.7. The number of unbranched alkanes of at least 4 members (excludes halogenated alkanes) is 30. The molecule has 0 saturated heterocycles. The van der Waals surface area contributed by atoms with E-state index in [0.29, 0.717) is 19.3 Å². The van der Waals surface area contributed by atoms with Gasteiger partial charge in [0.15, 0.2) is 6.10 Å². The average molecular weight is 964 g/mol. The highest BCUT2D eigenvalue weighted by Crippen LogP contribution is 2.15. The summed E-state index contributed by atoms with van der Waals surface area (Å²) >= 11 is 0. The number of hydrogen-bond donors (Lipinski definition) is 0. The minimum Gasteiger partial charge on any atom is -0.462 e. The van der Waals surface area contributed by atoms with Crippen LogP contribution >= 0.6 is 0 Å². The maximum atomic E-state index is 12.9. The summed E-state index contributed by atoms with van der Waals surface area (Å²) in [5.74, 6) is -0.953. The molecular formula is C63H110O6. The molecule has 0 heterocycles. The predicted molar refractivity (Wildman–Crippen MR) is 298 cm³/mol. The normalized spacial score (nSPS) is 12.6. The van der Waals surface area contributed by atoms with E-state index in [4.69, 9.17) is 14.2 Å². The van der Waals surface area contributed by atoms with E-state index in [0.717, 1.165) is 64.2 Å². The first-order valence-corrected chi connectivity index (χ1v) is 29.4. The molecule has 0 aromatic rings. The Kier molecular flexibility index (Phi) is 54.8. The molecule has 0 aliphatic rings. The van der Waals surface area contributed by atoms with Crippen LogP contribution in [0.2, 0.25) is 0 Å². The molecule has 398 valence electrons. The van der Waals surface area contributed by atoms with Gasteiger partial charge in [-0.3, -0.25) is 14.4 Å². The van der Waals surface area contributed by atoms with Crippen LogP contribution in [0.3, 0.4) is 0 Å².